The maximum atomic E-state index is 12.6. The monoisotopic (exact) mass is 371 g/mol. The Bertz CT molecular complexity index is 741. The summed E-state index contributed by atoms with van der Waals surface area (Å²) in [5, 5.41) is 2.89. The third-order valence-electron chi connectivity index (χ3n) is 5.22. The van der Waals surface area contributed by atoms with Crippen molar-refractivity contribution in [2.45, 2.75) is 51.6 Å². The van der Waals surface area contributed by atoms with E-state index < -0.39 is 30.3 Å². The molecule has 7 nitrogen and oxygen atoms in total. The molecule has 1 aliphatic carbocycles. The van der Waals surface area contributed by atoms with E-state index >= 15 is 0 Å². The first-order valence-corrected chi connectivity index (χ1v) is 9.43. The van der Waals surface area contributed by atoms with Gasteiger partial charge < -0.3 is 5.32 Å². The maximum Gasteiger partial charge on any atom is 0.334 e. The summed E-state index contributed by atoms with van der Waals surface area (Å²) in [6.07, 6.45) is 3.30. The molecule has 1 saturated carbocycles. The van der Waals surface area contributed by atoms with E-state index in [0.29, 0.717) is 12.8 Å². The molecule has 1 N–H and O–H groups in total. The van der Waals surface area contributed by atoms with Crippen molar-refractivity contribution >= 4 is 23.8 Å². The van der Waals surface area contributed by atoms with E-state index in [-0.39, 0.29) is 18.0 Å². The van der Waals surface area contributed by atoms with E-state index in [4.69, 9.17) is 0 Å². The van der Waals surface area contributed by atoms with E-state index in [1.165, 1.54) is 0 Å². The second-order valence-corrected chi connectivity index (χ2v) is 7.49. The van der Waals surface area contributed by atoms with Crippen LogP contribution in [0.4, 0.5) is 4.79 Å². The summed E-state index contributed by atoms with van der Waals surface area (Å²) < 4.78 is 0. The SMILES string of the molecule is CC(C)C(NC(=O)CN1C(=O)C(=O)N(C2CCCC2)C1=O)c1ccccc1. The summed E-state index contributed by atoms with van der Waals surface area (Å²) in [5.41, 5.74) is 0.948. The van der Waals surface area contributed by atoms with Crippen LogP contribution in [-0.2, 0) is 14.4 Å². The third-order valence-corrected chi connectivity index (χ3v) is 5.22. The quantitative estimate of drug-likeness (QED) is 0.614. The van der Waals surface area contributed by atoms with Gasteiger partial charge in [0.15, 0.2) is 0 Å². The smallest absolute Gasteiger partial charge is 0.334 e. The Morgan fingerprint density at radius 3 is 2.30 bits per heavy atom. The highest BCUT2D eigenvalue weighted by atomic mass is 16.2. The first-order valence-electron chi connectivity index (χ1n) is 9.43. The lowest BCUT2D eigenvalue weighted by atomic mass is 9.96. The van der Waals surface area contributed by atoms with E-state index in [2.05, 4.69) is 5.32 Å². The molecule has 1 unspecified atom stereocenters. The topological polar surface area (TPSA) is 86.8 Å². The molecular weight excluding hydrogens is 346 g/mol. The van der Waals surface area contributed by atoms with Crippen LogP contribution in [0.1, 0.15) is 51.1 Å². The Labute approximate surface area is 158 Å². The molecule has 3 rings (SSSR count). The van der Waals surface area contributed by atoms with Gasteiger partial charge in [-0.2, -0.15) is 0 Å². The van der Waals surface area contributed by atoms with Gasteiger partial charge in [0.1, 0.15) is 6.54 Å². The highest BCUT2D eigenvalue weighted by Gasteiger charge is 2.48. The summed E-state index contributed by atoms with van der Waals surface area (Å²) in [7, 11) is 0. The van der Waals surface area contributed by atoms with Gasteiger partial charge in [0.05, 0.1) is 6.04 Å². The largest absolute Gasteiger partial charge is 0.347 e. The van der Waals surface area contributed by atoms with Crippen LogP contribution in [0.25, 0.3) is 0 Å². The Morgan fingerprint density at radius 1 is 1.07 bits per heavy atom. The Hall–Kier alpha value is -2.70. The summed E-state index contributed by atoms with van der Waals surface area (Å²) in [4.78, 5) is 51.4. The minimum atomic E-state index is -0.914. The van der Waals surface area contributed by atoms with Gasteiger partial charge >= 0.3 is 17.8 Å². The Morgan fingerprint density at radius 2 is 1.70 bits per heavy atom. The first-order chi connectivity index (χ1) is 12.9. The van der Waals surface area contributed by atoms with Gasteiger partial charge in [-0.1, -0.05) is 57.0 Å². The number of nitrogens with one attached hydrogen (secondary N) is 1. The van der Waals surface area contributed by atoms with Gasteiger partial charge in [0, 0.05) is 6.04 Å². The van der Waals surface area contributed by atoms with Crippen LogP contribution in [0.5, 0.6) is 0 Å². The van der Waals surface area contributed by atoms with Crippen molar-refractivity contribution in [2.24, 2.45) is 5.92 Å². The van der Waals surface area contributed by atoms with Crippen LogP contribution in [0, 0.1) is 5.92 Å². The third kappa shape index (κ3) is 3.86. The number of benzene rings is 1. The van der Waals surface area contributed by atoms with Crippen molar-refractivity contribution in [3.63, 3.8) is 0 Å². The molecule has 7 heteroatoms. The zero-order valence-corrected chi connectivity index (χ0v) is 15.7. The van der Waals surface area contributed by atoms with E-state index in [0.717, 1.165) is 28.2 Å². The van der Waals surface area contributed by atoms with Gasteiger partial charge in [0.2, 0.25) is 5.91 Å². The predicted molar refractivity (Wildman–Crippen MR) is 98.4 cm³/mol. The van der Waals surface area contributed by atoms with Crippen LogP contribution in [-0.4, -0.2) is 46.1 Å². The van der Waals surface area contributed by atoms with E-state index in [1.54, 1.807) is 0 Å². The average molecular weight is 371 g/mol. The van der Waals surface area contributed by atoms with E-state index in [1.807, 2.05) is 44.2 Å². The average Bonchev–Trinajstić information content (AvgIpc) is 3.24. The van der Waals surface area contributed by atoms with Crippen LogP contribution >= 0.6 is 0 Å². The Kier molecular flexibility index (Phi) is 5.58. The molecule has 0 radical (unpaired) electrons. The summed E-state index contributed by atoms with van der Waals surface area (Å²) in [6.45, 7) is 3.52. The maximum absolute atomic E-state index is 12.6. The second-order valence-electron chi connectivity index (χ2n) is 7.49. The summed E-state index contributed by atoms with van der Waals surface area (Å²) >= 11 is 0. The number of hydrogen-bond acceptors (Lipinski definition) is 4. The minimum Gasteiger partial charge on any atom is -0.347 e. The van der Waals surface area contributed by atoms with Crippen LogP contribution in [0.15, 0.2) is 30.3 Å². The first kappa shape index (κ1) is 19.1. The minimum absolute atomic E-state index is 0.123. The fraction of sp³-hybridized carbons (Fsp3) is 0.500. The molecule has 2 aliphatic rings. The molecule has 1 aromatic carbocycles. The lowest BCUT2D eigenvalue weighted by Crippen LogP contribution is -2.44. The number of carbonyl (C=O) groups excluding carboxylic acids is 4. The zero-order valence-electron chi connectivity index (χ0n) is 15.7. The molecule has 144 valence electrons. The molecule has 1 saturated heterocycles. The molecule has 0 spiro atoms. The number of nitrogens with zero attached hydrogens (tertiary/aromatic N) is 2. The van der Waals surface area contributed by atoms with Gasteiger partial charge in [0.25, 0.3) is 0 Å². The highest BCUT2D eigenvalue weighted by molar-refractivity contribution is 6.45. The molecule has 1 atom stereocenters. The Balaban J connectivity index is 1.68. The normalized spacial score (nSPS) is 19.3. The van der Waals surface area contributed by atoms with Crippen LogP contribution < -0.4 is 5.32 Å². The summed E-state index contributed by atoms with van der Waals surface area (Å²) in [6, 6.07) is 8.37. The van der Waals surface area contributed by atoms with Gasteiger partial charge in [-0.15, -0.1) is 0 Å². The molecule has 5 amide bonds. The second kappa shape index (κ2) is 7.90. The number of rotatable bonds is 6. The van der Waals surface area contributed by atoms with Gasteiger partial charge in [-0.3, -0.25) is 19.3 Å². The van der Waals surface area contributed by atoms with Gasteiger partial charge in [-0.05, 0) is 24.3 Å². The number of carbonyl (C=O) groups is 4. The van der Waals surface area contributed by atoms with Crippen molar-refractivity contribution < 1.29 is 19.2 Å². The van der Waals surface area contributed by atoms with Crippen molar-refractivity contribution in [1.82, 2.24) is 15.1 Å². The van der Waals surface area contributed by atoms with Crippen molar-refractivity contribution in [3.8, 4) is 0 Å². The number of imide groups is 2. The fourth-order valence-corrected chi connectivity index (χ4v) is 3.80. The molecular formula is C20H25N3O4. The molecule has 1 aromatic rings. The standard InChI is InChI=1S/C20H25N3O4/c1-13(2)17(14-8-4-3-5-9-14)21-16(24)12-22-18(25)19(26)23(20(22)27)15-10-6-7-11-15/h3-5,8-9,13,15,17H,6-7,10-12H2,1-2H3,(H,21,24). The predicted octanol–water partition coefficient (Wildman–Crippen LogP) is 2.23. The van der Waals surface area contributed by atoms with Crippen molar-refractivity contribution in [1.29, 1.82) is 0 Å². The molecule has 0 bridgehead atoms. The number of amides is 5. The highest BCUT2D eigenvalue weighted by Crippen LogP contribution is 2.28. The lowest BCUT2D eigenvalue weighted by molar-refractivity contribution is -0.144. The molecule has 2 fully saturated rings. The van der Waals surface area contributed by atoms with Gasteiger partial charge in [-0.25, -0.2) is 9.69 Å². The van der Waals surface area contributed by atoms with Crippen LogP contribution in [0.3, 0.4) is 0 Å². The van der Waals surface area contributed by atoms with Crippen LogP contribution in [0.2, 0.25) is 0 Å². The lowest BCUT2D eigenvalue weighted by Gasteiger charge is -2.24. The van der Waals surface area contributed by atoms with Crippen molar-refractivity contribution in [2.75, 3.05) is 6.54 Å². The molecule has 27 heavy (non-hydrogen) atoms. The zero-order chi connectivity index (χ0) is 19.6. The fourth-order valence-electron chi connectivity index (χ4n) is 3.80. The summed E-state index contributed by atoms with van der Waals surface area (Å²) in [5.74, 6) is -2.07. The molecule has 0 aromatic heterocycles. The number of hydrogen-bond donors (Lipinski definition) is 1. The van der Waals surface area contributed by atoms with E-state index in [9.17, 15) is 19.2 Å². The molecule has 1 heterocycles. The number of urea groups is 1. The van der Waals surface area contributed by atoms with Crippen molar-refractivity contribution in [3.05, 3.63) is 35.9 Å². The molecule has 1 aliphatic heterocycles.